The Morgan fingerprint density at radius 1 is 1.17 bits per heavy atom. The van der Waals surface area contributed by atoms with Crippen molar-refractivity contribution in [3.63, 3.8) is 0 Å². The summed E-state index contributed by atoms with van der Waals surface area (Å²) in [6.45, 7) is 13.6. The molecule has 2 rings (SSSR count). The van der Waals surface area contributed by atoms with Crippen molar-refractivity contribution < 1.29 is 0 Å². The van der Waals surface area contributed by atoms with E-state index < -0.39 is 0 Å². The van der Waals surface area contributed by atoms with Gasteiger partial charge in [-0.15, -0.1) is 5.10 Å². The van der Waals surface area contributed by atoms with Gasteiger partial charge >= 0.3 is 0 Å². The van der Waals surface area contributed by atoms with Crippen LogP contribution in [0.5, 0.6) is 0 Å². The van der Waals surface area contributed by atoms with Crippen LogP contribution in [0.25, 0.3) is 0 Å². The van der Waals surface area contributed by atoms with Gasteiger partial charge in [-0.2, -0.15) is 0 Å². The fourth-order valence-electron chi connectivity index (χ4n) is 2.33. The average Bonchev–Trinajstić information content (AvgIpc) is 3.00. The summed E-state index contributed by atoms with van der Waals surface area (Å²) in [7, 11) is 2.21. The van der Waals surface area contributed by atoms with Crippen molar-refractivity contribution in [3.05, 3.63) is 12.4 Å². The molecule has 0 spiro atoms. The minimum Gasteiger partial charge on any atom is -0.301 e. The second-order valence-electron chi connectivity index (χ2n) is 4.38. The van der Waals surface area contributed by atoms with Crippen molar-refractivity contribution in [2.24, 2.45) is 5.92 Å². The van der Waals surface area contributed by atoms with Crippen LogP contribution in [-0.2, 0) is 6.54 Å². The van der Waals surface area contributed by atoms with Gasteiger partial charge in [0.1, 0.15) is 0 Å². The van der Waals surface area contributed by atoms with Crippen LogP contribution in [0.2, 0.25) is 0 Å². The number of rotatable bonds is 2. The molecule has 1 aromatic heterocycles. The Kier molecular flexibility index (Phi) is 8.63. The zero-order chi connectivity index (χ0) is 14.1. The predicted molar refractivity (Wildman–Crippen MR) is 77.5 cm³/mol. The number of hydrogen-bond acceptors (Lipinski definition) is 3. The molecule has 2 heterocycles. The second kappa shape index (κ2) is 9.09. The lowest BCUT2D eigenvalue weighted by atomic mass is 10.0. The molecule has 1 saturated heterocycles. The fraction of sp³-hybridized carbons (Fsp3) is 0.857. The van der Waals surface area contributed by atoms with Gasteiger partial charge in [0, 0.05) is 24.8 Å². The summed E-state index contributed by atoms with van der Waals surface area (Å²) in [6.07, 6.45) is 4.94. The third-order valence-electron chi connectivity index (χ3n) is 3.56. The quantitative estimate of drug-likeness (QED) is 0.813. The first-order valence-corrected chi connectivity index (χ1v) is 7.24. The monoisotopic (exact) mass is 254 g/mol. The zero-order valence-corrected chi connectivity index (χ0v) is 13.1. The van der Waals surface area contributed by atoms with Gasteiger partial charge in [-0.05, 0) is 33.2 Å². The Hall–Kier alpha value is -0.900. The van der Waals surface area contributed by atoms with Crippen molar-refractivity contribution in [3.8, 4) is 0 Å². The standard InChI is InChI=1S/C10H18N4.2C2H6/c1-8-6-10(9(2)13(8)3)7-14-5-4-11-12-14;2*1-2/h4-5,8-10H,6-7H2,1-3H3;2*1-2H3/t8?,9-,10?;;/m1../s1. The van der Waals surface area contributed by atoms with E-state index >= 15 is 0 Å². The van der Waals surface area contributed by atoms with Gasteiger partial charge in [0.05, 0.1) is 6.20 Å². The zero-order valence-electron chi connectivity index (χ0n) is 13.1. The molecule has 1 aromatic rings. The first kappa shape index (κ1) is 17.1. The summed E-state index contributed by atoms with van der Waals surface area (Å²) in [5.74, 6) is 0.705. The van der Waals surface area contributed by atoms with E-state index in [2.05, 4.69) is 36.1 Å². The van der Waals surface area contributed by atoms with Gasteiger partial charge in [0.15, 0.2) is 0 Å². The normalized spacial score (nSPS) is 26.9. The SMILES string of the molecule is CC.CC.CC1CC(Cn2ccnn2)[C@@H](C)N1C. The Morgan fingerprint density at radius 3 is 2.17 bits per heavy atom. The van der Waals surface area contributed by atoms with E-state index in [-0.39, 0.29) is 0 Å². The summed E-state index contributed by atoms with van der Waals surface area (Å²) < 4.78 is 1.94. The molecule has 106 valence electrons. The lowest BCUT2D eigenvalue weighted by molar-refractivity contribution is 0.239. The van der Waals surface area contributed by atoms with Crippen LogP contribution in [0.1, 0.15) is 48.0 Å². The molecule has 18 heavy (non-hydrogen) atoms. The van der Waals surface area contributed by atoms with E-state index in [1.807, 2.05) is 38.6 Å². The van der Waals surface area contributed by atoms with Crippen molar-refractivity contribution in [1.29, 1.82) is 0 Å². The molecule has 0 aromatic carbocycles. The highest BCUT2D eigenvalue weighted by Gasteiger charge is 2.33. The molecular weight excluding hydrogens is 224 g/mol. The third-order valence-corrected chi connectivity index (χ3v) is 3.56. The van der Waals surface area contributed by atoms with Gasteiger partial charge in [-0.3, -0.25) is 4.68 Å². The first-order valence-electron chi connectivity index (χ1n) is 7.24. The smallest absolute Gasteiger partial charge is 0.0692 e. The molecule has 0 aliphatic carbocycles. The fourth-order valence-corrected chi connectivity index (χ4v) is 2.33. The summed E-state index contributed by atoms with van der Waals surface area (Å²) in [6, 6.07) is 1.34. The van der Waals surface area contributed by atoms with Crippen molar-refractivity contribution in [1.82, 2.24) is 19.9 Å². The molecule has 4 heteroatoms. The minimum absolute atomic E-state index is 0.647. The topological polar surface area (TPSA) is 34.0 Å². The molecule has 4 nitrogen and oxygen atoms in total. The molecule has 1 aliphatic heterocycles. The van der Waals surface area contributed by atoms with Crippen LogP contribution >= 0.6 is 0 Å². The molecule has 1 fully saturated rings. The molecule has 0 bridgehead atoms. The average molecular weight is 254 g/mol. The second-order valence-corrected chi connectivity index (χ2v) is 4.38. The van der Waals surface area contributed by atoms with E-state index in [0.717, 1.165) is 6.54 Å². The van der Waals surface area contributed by atoms with Gasteiger partial charge in [-0.1, -0.05) is 32.9 Å². The molecule has 0 N–H and O–H groups in total. The highest BCUT2D eigenvalue weighted by molar-refractivity contribution is 4.87. The highest BCUT2D eigenvalue weighted by atomic mass is 15.4. The highest BCUT2D eigenvalue weighted by Crippen LogP contribution is 2.28. The van der Waals surface area contributed by atoms with Crippen molar-refractivity contribution in [2.75, 3.05) is 7.05 Å². The molecule has 1 aliphatic rings. The minimum atomic E-state index is 0.647. The number of hydrogen-bond donors (Lipinski definition) is 0. The Morgan fingerprint density at radius 2 is 1.78 bits per heavy atom. The van der Waals surface area contributed by atoms with E-state index in [0.29, 0.717) is 18.0 Å². The summed E-state index contributed by atoms with van der Waals surface area (Å²) in [5.41, 5.74) is 0. The van der Waals surface area contributed by atoms with E-state index in [1.54, 1.807) is 6.20 Å². The van der Waals surface area contributed by atoms with Crippen molar-refractivity contribution >= 4 is 0 Å². The number of nitrogens with zero attached hydrogens (tertiary/aromatic N) is 4. The van der Waals surface area contributed by atoms with Crippen molar-refractivity contribution in [2.45, 2.75) is 66.6 Å². The molecule has 0 radical (unpaired) electrons. The van der Waals surface area contributed by atoms with Gasteiger partial charge in [-0.25, -0.2) is 0 Å². The van der Waals surface area contributed by atoms with Crippen LogP contribution in [0.3, 0.4) is 0 Å². The van der Waals surface area contributed by atoms with Crippen LogP contribution < -0.4 is 0 Å². The van der Waals surface area contributed by atoms with E-state index in [1.165, 1.54) is 6.42 Å². The predicted octanol–water partition coefficient (Wildman–Crippen LogP) is 3.06. The third kappa shape index (κ3) is 4.41. The van der Waals surface area contributed by atoms with Gasteiger partial charge in [0.2, 0.25) is 0 Å². The first-order chi connectivity index (χ1) is 8.68. The lowest BCUT2D eigenvalue weighted by Gasteiger charge is -2.22. The largest absolute Gasteiger partial charge is 0.301 e. The Bertz CT molecular complexity index is 284. The maximum absolute atomic E-state index is 4.01. The Labute approximate surface area is 112 Å². The van der Waals surface area contributed by atoms with Crippen LogP contribution in [-0.4, -0.2) is 39.0 Å². The lowest BCUT2D eigenvalue weighted by Crippen LogP contribution is -2.31. The van der Waals surface area contributed by atoms with Gasteiger partial charge in [0.25, 0.3) is 0 Å². The Balaban J connectivity index is 0.000000659. The van der Waals surface area contributed by atoms with E-state index in [4.69, 9.17) is 0 Å². The molecular formula is C14H30N4. The molecule has 3 atom stereocenters. The molecule has 2 unspecified atom stereocenters. The number of aromatic nitrogens is 3. The molecule has 0 amide bonds. The maximum Gasteiger partial charge on any atom is 0.0692 e. The van der Waals surface area contributed by atoms with Crippen LogP contribution in [0, 0.1) is 5.92 Å². The van der Waals surface area contributed by atoms with E-state index in [9.17, 15) is 0 Å². The summed E-state index contributed by atoms with van der Waals surface area (Å²) in [4.78, 5) is 2.45. The van der Waals surface area contributed by atoms with Crippen LogP contribution in [0.4, 0.5) is 0 Å². The molecule has 0 saturated carbocycles. The summed E-state index contributed by atoms with van der Waals surface area (Å²) >= 11 is 0. The van der Waals surface area contributed by atoms with Gasteiger partial charge < -0.3 is 4.90 Å². The number of likely N-dealkylation sites (tertiary alicyclic amines) is 1. The van der Waals surface area contributed by atoms with Crippen LogP contribution in [0.15, 0.2) is 12.4 Å². The maximum atomic E-state index is 4.01. The summed E-state index contributed by atoms with van der Waals surface area (Å²) in [5, 5.41) is 7.84.